The third-order valence-electron chi connectivity index (χ3n) is 3.37. The maximum atomic E-state index is 9.68. The zero-order valence-electron chi connectivity index (χ0n) is 10.9. The van der Waals surface area contributed by atoms with E-state index in [0.717, 1.165) is 0 Å². The standard InChI is InChI=1S/C11H26O3Si/c1-9(7-12)10(13)8-14-15(5,6)11(2,3)4/h9-10,12-13H,7-8H2,1-6H3/t9-,10+/m0/s1. The van der Waals surface area contributed by atoms with E-state index in [2.05, 4.69) is 33.9 Å². The molecule has 0 aromatic carbocycles. The Morgan fingerprint density at radius 1 is 1.27 bits per heavy atom. The Labute approximate surface area is 94.6 Å². The molecule has 4 heteroatoms. The minimum Gasteiger partial charge on any atom is -0.414 e. The molecule has 0 saturated heterocycles. The van der Waals surface area contributed by atoms with Gasteiger partial charge in [-0.15, -0.1) is 0 Å². The van der Waals surface area contributed by atoms with E-state index >= 15 is 0 Å². The molecule has 0 rings (SSSR count). The summed E-state index contributed by atoms with van der Waals surface area (Å²) in [5.41, 5.74) is 0. The Hall–Kier alpha value is 0.0969. The van der Waals surface area contributed by atoms with E-state index in [1.807, 2.05) is 6.92 Å². The van der Waals surface area contributed by atoms with Crippen molar-refractivity contribution in [3.05, 3.63) is 0 Å². The third kappa shape index (κ3) is 4.63. The van der Waals surface area contributed by atoms with E-state index in [1.54, 1.807) is 0 Å². The SMILES string of the molecule is C[C@@H](CO)[C@H](O)CO[Si](C)(C)C(C)(C)C. The van der Waals surface area contributed by atoms with E-state index in [-0.39, 0.29) is 17.6 Å². The van der Waals surface area contributed by atoms with Crippen LogP contribution in [0.3, 0.4) is 0 Å². The quantitative estimate of drug-likeness (QED) is 0.715. The highest BCUT2D eigenvalue weighted by molar-refractivity contribution is 6.74. The summed E-state index contributed by atoms with van der Waals surface area (Å²) in [6, 6.07) is 0. The Balaban J connectivity index is 4.16. The van der Waals surface area contributed by atoms with Gasteiger partial charge in [-0.25, -0.2) is 0 Å². The summed E-state index contributed by atoms with van der Waals surface area (Å²) < 4.78 is 5.86. The predicted octanol–water partition coefficient (Wildman–Crippen LogP) is 2.00. The van der Waals surface area contributed by atoms with Gasteiger partial charge in [-0.05, 0) is 18.1 Å². The monoisotopic (exact) mass is 234 g/mol. The Kier molecular flexibility index (Phi) is 5.47. The van der Waals surface area contributed by atoms with Gasteiger partial charge in [0, 0.05) is 12.5 Å². The molecule has 0 aromatic rings. The van der Waals surface area contributed by atoms with Gasteiger partial charge in [0.05, 0.1) is 12.7 Å². The van der Waals surface area contributed by atoms with Crippen LogP contribution in [-0.4, -0.2) is 37.8 Å². The van der Waals surface area contributed by atoms with E-state index < -0.39 is 14.4 Å². The summed E-state index contributed by atoms with van der Waals surface area (Å²) >= 11 is 0. The van der Waals surface area contributed by atoms with Crippen LogP contribution in [0.25, 0.3) is 0 Å². The Morgan fingerprint density at radius 3 is 2.07 bits per heavy atom. The first-order valence-electron chi connectivity index (χ1n) is 5.54. The van der Waals surface area contributed by atoms with Crippen LogP contribution in [0.1, 0.15) is 27.7 Å². The van der Waals surface area contributed by atoms with E-state index in [9.17, 15) is 5.11 Å². The molecule has 0 aliphatic carbocycles. The number of rotatable bonds is 5. The molecule has 15 heavy (non-hydrogen) atoms. The van der Waals surface area contributed by atoms with Gasteiger partial charge in [-0.2, -0.15) is 0 Å². The van der Waals surface area contributed by atoms with Crippen LogP contribution in [0.4, 0.5) is 0 Å². The molecule has 2 atom stereocenters. The highest BCUT2D eigenvalue weighted by Crippen LogP contribution is 2.36. The summed E-state index contributed by atoms with van der Waals surface area (Å²) in [6.45, 7) is 13.0. The van der Waals surface area contributed by atoms with Gasteiger partial charge in [0.15, 0.2) is 8.32 Å². The van der Waals surface area contributed by atoms with Crippen LogP contribution in [0.15, 0.2) is 0 Å². The van der Waals surface area contributed by atoms with Crippen molar-refractivity contribution in [2.45, 2.75) is 51.9 Å². The molecule has 0 aliphatic heterocycles. The summed E-state index contributed by atoms with van der Waals surface area (Å²) in [7, 11) is -1.77. The normalized spacial score (nSPS) is 17.6. The fraction of sp³-hybridized carbons (Fsp3) is 1.00. The molecule has 0 heterocycles. The minimum atomic E-state index is -1.77. The molecule has 0 radical (unpaired) electrons. The average molecular weight is 234 g/mol. The smallest absolute Gasteiger partial charge is 0.192 e. The molecule has 3 nitrogen and oxygen atoms in total. The summed E-state index contributed by atoms with van der Waals surface area (Å²) in [6.07, 6.45) is -0.566. The van der Waals surface area contributed by atoms with Crippen LogP contribution >= 0.6 is 0 Å². The van der Waals surface area contributed by atoms with Gasteiger partial charge < -0.3 is 14.6 Å². The molecule has 0 fully saturated rings. The minimum absolute atomic E-state index is 0.00201. The topological polar surface area (TPSA) is 49.7 Å². The highest BCUT2D eigenvalue weighted by Gasteiger charge is 2.37. The van der Waals surface area contributed by atoms with Crippen molar-refractivity contribution in [3.63, 3.8) is 0 Å². The molecule has 0 aromatic heterocycles. The molecule has 2 N–H and O–H groups in total. The second-order valence-corrected chi connectivity index (χ2v) is 10.6. The van der Waals surface area contributed by atoms with Crippen molar-refractivity contribution in [1.82, 2.24) is 0 Å². The van der Waals surface area contributed by atoms with Crippen LogP contribution in [0.2, 0.25) is 18.1 Å². The van der Waals surface area contributed by atoms with E-state index in [4.69, 9.17) is 9.53 Å². The molecule has 0 spiro atoms. The first-order valence-corrected chi connectivity index (χ1v) is 8.45. The third-order valence-corrected chi connectivity index (χ3v) is 7.87. The summed E-state index contributed by atoms with van der Waals surface area (Å²) in [4.78, 5) is 0. The van der Waals surface area contributed by atoms with Gasteiger partial charge in [0.2, 0.25) is 0 Å². The van der Waals surface area contributed by atoms with E-state index in [0.29, 0.717) is 6.61 Å². The number of aliphatic hydroxyl groups excluding tert-OH is 2. The summed E-state index contributed by atoms with van der Waals surface area (Å²) in [5, 5.41) is 18.7. The molecule has 0 aliphatic rings. The Morgan fingerprint density at radius 2 is 1.73 bits per heavy atom. The van der Waals surface area contributed by atoms with Gasteiger partial charge in [-0.3, -0.25) is 0 Å². The van der Waals surface area contributed by atoms with Gasteiger partial charge in [0.25, 0.3) is 0 Å². The fourth-order valence-electron chi connectivity index (χ4n) is 0.796. The first-order chi connectivity index (χ1) is 6.62. The zero-order chi connectivity index (χ0) is 12.3. The van der Waals surface area contributed by atoms with Crippen LogP contribution in [0.5, 0.6) is 0 Å². The van der Waals surface area contributed by atoms with Crippen molar-refractivity contribution in [2.24, 2.45) is 5.92 Å². The maximum Gasteiger partial charge on any atom is 0.192 e. The van der Waals surface area contributed by atoms with Crippen molar-refractivity contribution in [2.75, 3.05) is 13.2 Å². The summed E-state index contributed by atoms with van der Waals surface area (Å²) in [5.74, 6) is -0.116. The second-order valence-electron chi connectivity index (χ2n) is 5.80. The average Bonchev–Trinajstić information content (AvgIpc) is 2.11. The predicted molar refractivity (Wildman–Crippen MR) is 65.4 cm³/mol. The molecule has 0 saturated carbocycles. The number of hydrogen-bond acceptors (Lipinski definition) is 3. The van der Waals surface area contributed by atoms with Gasteiger partial charge in [0.1, 0.15) is 0 Å². The van der Waals surface area contributed by atoms with E-state index in [1.165, 1.54) is 0 Å². The molecular weight excluding hydrogens is 208 g/mol. The lowest BCUT2D eigenvalue weighted by atomic mass is 10.1. The molecule has 0 amide bonds. The van der Waals surface area contributed by atoms with Crippen molar-refractivity contribution < 1.29 is 14.6 Å². The van der Waals surface area contributed by atoms with Crippen molar-refractivity contribution >= 4 is 8.32 Å². The molecule has 92 valence electrons. The zero-order valence-corrected chi connectivity index (χ0v) is 11.9. The first kappa shape index (κ1) is 15.1. The van der Waals surface area contributed by atoms with Crippen LogP contribution < -0.4 is 0 Å². The lowest BCUT2D eigenvalue weighted by Gasteiger charge is -2.37. The molecular formula is C11H26O3Si. The highest BCUT2D eigenvalue weighted by atomic mass is 28.4. The second kappa shape index (κ2) is 5.43. The van der Waals surface area contributed by atoms with Crippen molar-refractivity contribution in [1.29, 1.82) is 0 Å². The van der Waals surface area contributed by atoms with Gasteiger partial charge in [-0.1, -0.05) is 27.7 Å². The van der Waals surface area contributed by atoms with Gasteiger partial charge >= 0.3 is 0 Å². The van der Waals surface area contributed by atoms with Crippen LogP contribution in [0, 0.1) is 5.92 Å². The lowest BCUT2D eigenvalue weighted by Crippen LogP contribution is -2.43. The van der Waals surface area contributed by atoms with Crippen LogP contribution in [-0.2, 0) is 4.43 Å². The number of hydrogen-bond donors (Lipinski definition) is 2. The number of aliphatic hydroxyl groups is 2. The maximum absolute atomic E-state index is 9.68. The lowest BCUT2D eigenvalue weighted by molar-refractivity contribution is 0.0341. The fourth-order valence-corrected chi connectivity index (χ4v) is 1.82. The largest absolute Gasteiger partial charge is 0.414 e. The molecule has 0 unspecified atom stereocenters. The molecule has 0 bridgehead atoms. The van der Waals surface area contributed by atoms with Crippen molar-refractivity contribution in [3.8, 4) is 0 Å². The Bertz CT molecular complexity index is 187.